The Labute approximate surface area is 205 Å². The Kier molecular flexibility index (Phi) is 5.60. The number of benzene rings is 2. The van der Waals surface area contributed by atoms with Gasteiger partial charge in [-0.2, -0.15) is 4.72 Å². The second kappa shape index (κ2) is 8.35. The molecule has 2 aromatic heterocycles. The number of imidazole rings is 1. The Morgan fingerprint density at radius 2 is 1.85 bits per heavy atom. The van der Waals surface area contributed by atoms with Crippen molar-refractivity contribution in [3.8, 4) is 10.4 Å². The van der Waals surface area contributed by atoms with Gasteiger partial charge in [-0.25, -0.2) is 13.4 Å². The van der Waals surface area contributed by atoms with Gasteiger partial charge in [-0.05, 0) is 41.8 Å². The number of carboxylic acid groups (broad SMARTS) is 1. The normalized spacial score (nSPS) is 21.9. The summed E-state index contributed by atoms with van der Waals surface area (Å²) < 4.78 is 31.2. The summed E-state index contributed by atoms with van der Waals surface area (Å²) in [7, 11) is -4.12. The lowest BCUT2D eigenvalue weighted by atomic mass is 9.90. The lowest BCUT2D eigenvalue weighted by molar-refractivity contribution is -0.140. The smallest absolute Gasteiger partial charge is 0.325 e. The molecule has 2 atom stereocenters. The molecule has 4 aromatic rings. The summed E-state index contributed by atoms with van der Waals surface area (Å²) in [6.07, 6.45) is 5.06. The number of carbonyl (C=O) groups is 1. The average molecular weight is 514 g/mol. The molecule has 0 amide bonds. The number of hydrogen-bond acceptors (Lipinski definition) is 5. The average Bonchev–Trinajstić information content (AvgIpc) is 3.21. The number of hydrogen-bond donors (Lipinski definition) is 2. The van der Waals surface area contributed by atoms with Gasteiger partial charge in [-0.1, -0.05) is 54.1 Å². The number of aliphatic carboxylic acids is 1. The third kappa shape index (κ3) is 3.84. The molecule has 2 heterocycles. The Morgan fingerprint density at radius 3 is 2.50 bits per heavy atom. The van der Waals surface area contributed by atoms with Gasteiger partial charge in [0.25, 0.3) is 10.0 Å². The molecule has 2 unspecified atom stereocenters. The first-order valence-electron chi connectivity index (χ1n) is 10.4. The van der Waals surface area contributed by atoms with Crippen molar-refractivity contribution in [2.75, 3.05) is 0 Å². The van der Waals surface area contributed by atoms with E-state index in [1.165, 1.54) is 6.07 Å². The van der Waals surface area contributed by atoms with Crippen LogP contribution in [0.2, 0.25) is 5.02 Å². The number of nitrogens with one attached hydrogen (secondary N) is 1. The lowest BCUT2D eigenvalue weighted by Crippen LogP contribution is -2.49. The van der Waals surface area contributed by atoms with Gasteiger partial charge in [-0.15, -0.1) is 11.3 Å². The molecule has 174 valence electrons. The van der Waals surface area contributed by atoms with E-state index in [4.69, 9.17) is 11.6 Å². The van der Waals surface area contributed by atoms with Gasteiger partial charge >= 0.3 is 5.97 Å². The van der Waals surface area contributed by atoms with Crippen LogP contribution in [0.1, 0.15) is 12.0 Å². The first-order chi connectivity index (χ1) is 16.3. The van der Waals surface area contributed by atoms with E-state index in [2.05, 4.69) is 9.71 Å². The van der Waals surface area contributed by atoms with E-state index in [0.29, 0.717) is 5.02 Å². The van der Waals surface area contributed by atoms with E-state index >= 15 is 0 Å². The molecule has 0 radical (unpaired) electrons. The SMILES string of the molecule is O=C(O)C1(NS(=O)(=O)c2ccc(-c3ccc(Cl)cc3)s2)CC1(Cn1ccnc1)c1ccccc1. The highest BCUT2D eigenvalue weighted by atomic mass is 35.5. The van der Waals surface area contributed by atoms with Gasteiger partial charge in [0.1, 0.15) is 9.75 Å². The zero-order valence-corrected chi connectivity index (χ0v) is 20.1. The molecule has 7 nitrogen and oxygen atoms in total. The van der Waals surface area contributed by atoms with E-state index in [1.54, 1.807) is 41.5 Å². The highest BCUT2D eigenvalue weighted by Gasteiger charge is 2.75. The summed E-state index contributed by atoms with van der Waals surface area (Å²) in [5, 5.41) is 10.9. The summed E-state index contributed by atoms with van der Waals surface area (Å²) in [5.41, 5.74) is -1.08. The Bertz CT molecular complexity index is 1440. The van der Waals surface area contributed by atoms with E-state index in [0.717, 1.165) is 27.3 Å². The van der Waals surface area contributed by atoms with Crippen LogP contribution in [0.5, 0.6) is 0 Å². The van der Waals surface area contributed by atoms with Crippen molar-refractivity contribution in [1.82, 2.24) is 14.3 Å². The van der Waals surface area contributed by atoms with Crippen LogP contribution in [0.3, 0.4) is 0 Å². The number of rotatable bonds is 8. The van der Waals surface area contributed by atoms with Crippen molar-refractivity contribution in [3.63, 3.8) is 0 Å². The van der Waals surface area contributed by atoms with Gasteiger partial charge in [0.05, 0.1) is 6.33 Å². The van der Waals surface area contributed by atoms with Crippen molar-refractivity contribution in [2.24, 2.45) is 0 Å². The molecule has 5 rings (SSSR count). The van der Waals surface area contributed by atoms with Crippen LogP contribution >= 0.6 is 22.9 Å². The molecule has 1 aliphatic carbocycles. The maximum atomic E-state index is 13.4. The molecular weight excluding hydrogens is 494 g/mol. The monoisotopic (exact) mass is 513 g/mol. The topological polar surface area (TPSA) is 101 Å². The minimum absolute atomic E-state index is 0.0505. The van der Waals surface area contributed by atoms with Gasteiger partial charge in [0.15, 0.2) is 0 Å². The molecule has 0 bridgehead atoms. The van der Waals surface area contributed by atoms with Crippen LogP contribution in [-0.2, 0) is 26.8 Å². The number of thiophene rings is 1. The Morgan fingerprint density at radius 1 is 1.12 bits per heavy atom. The maximum absolute atomic E-state index is 13.4. The van der Waals surface area contributed by atoms with Crippen LogP contribution < -0.4 is 4.72 Å². The summed E-state index contributed by atoms with van der Waals surface area (Å²) in [4.78, 5) is 17.4. The fraction of sp³-hybridized carbons (Fsp3) is 0.167. The summed E-state index contributed by atoms with van der Waals surface area (Å²) in [6, 6.07) is 19.4. The quantitative estimate of drug-likeness (QED) is 0.363. The molecule has 0 aliphatic heterocycles. The predicted molar refractivity (Wildman–Crippen MR) is 130 cm³/mol. The summed E-state index contributed by atoms with van der Waals surface area (Å²) in [5.74, 6) is -1.21. The standard InChI is InChI=1S/C24H20ClN3O4S2/c25-19-8-6-17(7-9-19)20-10-11-21(33-20)34(31,32)27-24(22(29)30)14-23(24,15-28-13-12-26-16-28)18-4-2-1-3-5-18/h1-13,16,27H,14-15H2,(H,29,30). The highest BCUT2D eigenvalue weighted by Crippen LogP contribution is 2.59. The Hall–Kier alpha value is -2.98. The molecule has 0 spiro atoms. The first-order valence-corrected chi connectivity index (χ1v) is 13.1. The number of aromatic nitrogens is 2. The van der Waals surface area contributed by atoms with Crippen molar-refractivity contribution in [3.05, 3.63) is 96.0 Å². The van der Waals surface area contributed by atoms with Crippen molar-refractivity contribution < 1.29 is 18.3 Å². The number of carboxylic acids is 1. The van der Waals surface area contributed by atoms with E-state index in [9.17, 15) is 18.3 Å². The van der Waals surface area contributed by atoms with E-state index in [1.807, 2.05) is 42.5 Å². The zero-order chi connectivity index (χ0) is 24.0. The molecule has 2 aromatic carbocycles. The fourth-order valence-electron chi connectivity index (χ4n) is 4.46. The molecule has 0 saturated heterocycles. The second-order valence-electron chi connectivity index (χ2n) is 8.30. The van der Waals surface area contributed by atoms with Crippen molar-refractivity contribution >= 4 is 38.9 Å². The molecule has 1 aliphatic rings. The predicted octanol–water partition coefficient (Wildman–Crippen LogP) is 4.41. The van der Waals surface area contributed by atoms with E-state index in [-0.39, 0.29) is 17.2 Å². The van der Waals surface area contributed by atoms with Crippen LogP contribution in [0, 0.1) is 0 Å². The van der Waals surface area contributed by atoms with Crippen molar-refractivity contribution in [2.45, 2.75) is 28.1 Å². The van der Waals surface area contributed by atoms with Crippen LogP contribution in [0.4, 0.5) is 0 Å². The van der Waals surface area contributed by atoms with E-state index < -0.39 is 26.9 Å². The highest BCUT2D eigenvalue weighted by molar-refractivity contribution is 7.91. The molecular formula is C24H20ClN3O4S2. The minimum Gasteiger partial charge on any atom is -0.480 e. The Balaban J connectivity index is 1.51. The molecule has 1 saturated carbocycles. The van der Waals surface area contributed by atoms with Crippen LogP contribution in [-0.4, -0.2) is 34.6 Å². The summed E-state index contributed by atoms with van der Waals surface area (Å²) >= 11 is 7.03. The van der Waals surface area contributed by atoms with Crippen LogP contribution in [0.25, 0.3) is 10.4 Å². The van der Waals surface area contributed by atoms with Gasteiger partial charge in [0, 0.05) is 34.3 Å². The largest absolute Gasteiger partial charge is 0.480 e. The number of sulfonamides is 1. The van der Waals surface area contributed by atoms with Gasteiger partial charge in [-0.3, -0.25) is 4.79 Å². The lowest BCUT2D eigenvalue weighted by Gasteiger charge is -2.24. The van der Waals surface area contributed by atoms with Crippen LogP contribution in [0.15, 0.2) is 89.7 Å². The third-order valence-electron chi connectivity index (χ3n) is 6.25. The van der Waals surface area contributed by atoms with Gasteiger partial charge in [0.2, 0.25) is 0 Å². The first kappa shape index (κ1) is 22.8. The molecule has 10 heteroatoms. The second-order valence-corrected chi connectivity index (χ2v) is 11.7. The maximum Gasteiger partial charge on any atom is 0.325 e. The van der Waals surface area contributed by atoms with Gasteiger partial charge < -0.3 is 9.67 Å². The molecule has 1 fully saturated rings. The summed E-state index contributed by atoms with van der Waals surface area (Å²) in [6.45, 7) is 0.270. The molecule has 34 heavy (non-hydrogen) atoms. The third-order valence-corrected chi connectivity index (χ3v) is 9.62. The minimum atomic E-state index is -4.12. The fourth-order valence-corrected chi connectivity index (χ4v) is 7.32. The van der Waals surface area contributed by atoms with Crippen molar-refractivity contribution in [1.29, 1.82) is 0 Å². The molecule has 2 N–H and O–H groups in total. The zero-order valence-electron chi connectivity index (χ0n) is 17.8. The number of halogens is 1. The number of nitrogens with zero attached hydrogens (tertiary/aromatic N) is 2.